The molecule has 0 radical (unpaired) electrons. The summed E-state index contributed by atoms with van der Waals surface area (Å²) in [5.41, 5.74) is 1.32. The molecule has 76 valence electrons. The SMILES string of the molecule is O=C(O)c1ccc(-c2ccoc2)c(O)c1. The van der Waals surface area contributed by atoms with Crippen LogP contribution in [0.5, 0.6) is 5.75 Å². The van der Waals surface area contributed by atoms with Crippen LogP contribution in [0.15, 0.2) is 41.2 Å². The van der Waals surface area contributed by atoms with Crippen molar-refractivity contribution in [2.75, 3.05) is 0 Å². The van der Waals surface area contributed by atoms with Crippen LogP contribution in [-0.2, 0) is 0 Å². The molecule has 0 fully saturated rings. The van der Waals surface area contributed by atoms with E-state index < -0.39 is 5.97 Å². The first-order valence-corrected chi connectivity index (χ1v) is 4.27. The molecule has 0 spiro atoms. The molecule has 4 heteroatoms. The number of carbonyl (C=O) groups is 1. The van der Waals surface area contributed by atoms with Gasteiger partial charge in [0.25, 0.3) is 0 Å². The smallest absolute Gasteiger partial charge is 0.335 e. The molecule has 0 saturated carbocycles. The lowest BCUT2D eigenvalue weighted by Crippen LogP contribution is -1.95. The van der Waals surface area contributed by atoms with E-state index in [9.17, 15) is 9.90 Å². The second kappa shape index (κ2) is 3.49. The largest absolute Gasteiger partial charge is 0.507 e. The molecule has 0 saturated heterocycles. The lowest BCUT2D eigenvalue weighted by atomic mass is 10.1. The van der Waals surface area contributed by atoms with Crippen molar-refractivity contribution < 1.29 is 19.4 Å². The molecule has 0 aliphatic heterocycles. The maximum atomic E-state index is 10.6. The number of phenols is 1. The molecule has 0 atom stereocenters. The molecule has 4 nitrogen and oxygen atoms in total. The average molecular weight is 204 g/mol. The van der Waals surface area contributed by atoms with Gasteiger partial charge in [-0.2, -0.15) is 0 Å². The summed E-state index contributed by atoms with van der Waals surface area (Å²) < 4.78 is 4.87. The predicted molar refractivity (Wildman–Crippen MR) is 52.8 cm³/mol. The minimum atomic E-state index is -1.07. The van der Waals surface area contributed by atoms with Gasteiger partial charge in [-0.15, -0.1) is 0 Å². The van der Waals surface area contributed by atoms with Gasteiger partial charge in [-0.25, -0.2) is 4.79 Å². The van der Waals surface area contributed by atoms with E-state index in [1.165, 1.54) is 24.7 Å². The van der Waals surface area contributed by atoms with E-state index >= 15 is 0 Å². The van der Waals surface area contributed by atoms with Crippen LogP contribution in [0.1, 0.15) is 10.4 Å². The maximum absolute atomic E-state index is 10.6. The number of rotatable bonds is 2. The third-order valence-corrected chi connectivity index (χ3v) is 2.08. The van der Waals surface area contributed by atoms with Crippen molar-refractivity contribution in [1.82, 2.24) is 0 Å². The highest BCUT2D eigenvalue weighted by atomic mass is 16.4. The number of phenolic OH excluding ortho intramolecular Hbond substituents is 1. The second-order valence-corrected chi connectivity index (χ2v) is 3.05. The van der Waals surface area contributed by atoms with Gasteiger partial charge in [-0.1, -0.05) is 0 Å². The number of hydrogen-bond donors (Lipinski definition) is 2. The first kappa shape index (κ1) is 9.33. The van der Waals surface area contributed by atoms with E-state index in [-0.39, 0.29) is 11.3 Å². The molecule has 1 heterocycles. The highest BCUT2D eigenvalue weighted by molar-refractivity contribution is 5.89. The Balaban J connectivity index is 2.48. The Kier molecular flexibility index (Phi) is 2.17. The van der Waals surface area contributed by atoms with E-state index in [0.29, 0.717) is 11.1 Å². The Labute approximate surface area is 85.4 Å². The molecule has 0 bridgehead atoms. The summed E-state index contributed by atoms with van der Waals surface area (Å²) in [6, 6.07) is 5.88. The number of carboxylic acids is 1. The fourth-order valence-electron chi connectivity index (χ4n) is 1.33. The molecule has 15 heavy (non-hydrogen) atoms. The first-order valence-electron chi connectivity index (χ1n) is 4.27. The van der Waals surface area contributed by atoms with Crippen LogP contribution < -0.4 is 0 Å². The summed E-state index contributed by atoms with van der Waals surface area (Å²) in [6.45, 7) is 0. The van der Waals surface area contributed by atoms with Crippen LogP contribution in [0.4, 0.5) is 0 Å². The van der Waals surface area contributed by atoms with Crippen molar-refractivity contribution in [3.05, 3.63) is 42.4 Å². The molecule has 0 aliphatic carbocycles. The van der Waals surface area contributed by atoms with Crippen LogP contribution in [0, 0.1) is 0 Å². The summed E-state index contributed by atoms with van der Waals surface area (Å²) in [5.74, 6) is -1.14. The molecule has 0 amide bonds. The average Bonchev–Trinajstić information content (AvgIpc) is 2.70. The van der Waals surface area contributed by atoms with Gasteiger partial charge >= 0.3 is 5.97 Å². The highest BCUT2D eigenvalue weighted by Gasteiger charge is 2.09. The van der Waals surface area contributed by atoms with Crippen molar-refractivity contribution >= 4 is 5.97 Å². The maximum Gasteiger partial charge on any atom is 0.335 e. The standard InChI is InChI=1S/C11H8O4/c12-10-5-7(11(13)14)1-2-9(10)8-3-4-15-6-8/h1-6,12H,(H,13,14). The van der Waals surface area contributed by atoms with Crippen molar-refractivity contribution in [3.63, 3.8) is 0 Å². The highest BCUT2D eigenvalue weighted by Crippen LogP contribution is 2.30. The Hall–Kier alpha value is -2.23. The van der Waals surface area contributed by atoms with Crippen LogP contribution in [0.3, 0.4) is 0 Å². The van der Waals surface area contributed by atoms with Crippen molar-refractivity contribution in [2.24, 2.45) is 0 Å². The predicted octanol–water partition coefficient (Wildman–Crippen LogP) is 2.35. The second-order valence-electron chi connectivity index (χ2n) is 3.05. The van der Waals surface area contributed by atoms with Gasteiger partial charge in [0.05, 0.1) is 18.1 Å². The molecule has 0 unspecified atom stereocenters. The van der Waals surface area contributed by atoms with Gasteiger partial charge < -0.3 is 14.6 Å². The molecule has 1 aromatic carbocycles. The van der Waals surface area contributed by atoms with Gasteiger partial charge in [0.2, 0.25) is 0 Å². The lowest BCUT2D eigenvalue weighted by Gasteiger charge is -2.02. The number of carboxylic acid groups (broad SMARTS) is 1. The molecule has 2 N–H and O–H groups in total. The normalized spacial score (nSPS) is 10.1. The van der Waals surface area contributed by atoms with E-state index in [1.54, 1.807) is 12.1 Å². The third-order valence-electron chi connectivity index (χ3n) is 2.08. The lowest BCUT2D eigenvalue weighted by molar-refractivity contribution is 0.0696. The van der Waals surface area contributed by atoms with Gasteiger partial charge in [-0.3, -0.25) is 0 Å². The topological polar surface area (TPSA) is 70.7 Å². The summed E-state index contributed by atoms with van der Waals surface area (Å²) in [7, 11) is 0. The molecule has 0 aliphatic rings. The van der Waals surface area contributed by atoms with Crippen LogP contribution in [-0.4, -0.2) is 16.2 Å². The van der Waals surface area contributed by atoms with Crippen molar-refractivity contribution in [1.29, 1.82) is 0 Å². The Morgan fingerprint density at radius 1 is 1.27 bits per heavy atom. The molecule has 2 aromatic rings. The van der Waals surface area contributed by atoms with Crippen LogP contribution in [0.2, 0.25) is 0 Å². The fourth-order valence-corrected chi connectivity index (χ4v) is 1.33. The van der Waals surface area contributed by atoms with Crippen molar-refractivity contribution in [3.8, 4) is 16.9 Å². The van der Waals surface area contributed by atoms with Crippen LogP contribution >= 0.6 is 0 Å². The van der Waals surface area contributed by atoms with Gasteiger partial charge in [0.15, 0.2) is 0 Å². The van der Waals surface area contributed by atoms with E-state index in [0.717, 1.165) is 0 Å². The zero-order chi connectivity index (χ0) is 10.8. The summed E-state index contributed by atoms with van der Waals surface area (Å²) in [4.78, 5) is 10.6. The molecule has 1 aromatic heterocycles. The van der Waals surface area contributed by atoms with Crippen molar-refractivity contribution in [2.45, 2.75) is 0 Å². The minimum absolute atomic E-state index is 0.0553. The number of aromatic hydroxyl groups is 1. The Bertz CT molecular complexity index is 485. The molecule has 2 rings (SSSR count). The van der Waals surface area contributed by atoms with Gasteiger partial charge in [-0.05, 0) is 24.3 Å². The molecular formula is C11H8O4. The number of hydrogen-bond acceptors (Lipinski definition) is 3. The van der Waals surface area contributed by atoms with Crippen LogP contribution in [0.25, 0.3) is 11.1 Å². The monoisotopic (exact) mass is 204 g/mol. The zero-order valence-electron chi connectivity index (χ0n) is 7.68. The van der Waals surface area contributed by atoms with E-state index in [4.69, 9.17) is 9.52 Å². The zero-order valence-corrected chi connectivity index (χ0v) is 7.68. The molecular weight excluding hydrogens is 196 g/mol. The summed E-state index contributed by atoms with van der Waals surface area (Å²) in [6.07, 6.45) is 2.97. The summed E-state index contributed by atoms with van der Waals surface area (Å²) >= 11 is 0. The number of furan rings is 1. The first-order chi connectivity index (χ1) is 7.18. The van der Waals surface area contributed by atoms with E-state index in [1.807, 2.05) is 0 Å². The van der Waals surface area contributed by atoms with Gasteiger partial charge in [0, 0.05) is 11.1 Å². The third kappa shape index (κ3) is 1.69. The minimum Gasteiger partial charge on any atom is -0.507 e. The number of benzene rings is 1. The van der Waals surface area contributed by atoms with Gasteiger partial charge in [0.1, 0.15) is 5.75 Å². The fraction of sp³-hybridized carbons (Fsp3) is 0. The summed E-state index contributed by atoms with van der Waals surface area (Å²) in [5, 5.41) is 18.3. The Morgan fingerprint density at radius 3 is 2.60 bits per heavy atom. The number of aromatic carboxylic acids is 1. The Morgan fingerprint density at radius 2 is 2.07 bits per heavy atom. The van der Waals surface area contributed by atoms with E-state index in [2.05, 4.69) is 0 Å². The quantitative estimate of drug-likeness (QED) is 0.787.